The van der Waals surface area contributed by atoms with Gasteiger partial charge in [0, 0.05) is 11.1 Å². The maximum absolute atomic E-state index is 11.0. The fourth-order valence-corrected chi connectivity index (χ4v) is 3.12. The third-order valence-corrected chi connectivity index (χ3v) is 4.41. The van der Waals surface area contributed by atoms with Crippen molar-refractivity contribution >= 4 is 6.29 Å². The number of aromatic hydroxyl groups is 1. The standard InChI is InChI=1S/C21H16O3/c1-13-7-9-17(14-5-3-2-4-6-14)20-19(13)21(20)24-16-8-10-18(23)15(11-16)12-22/h2-12,21,23H,1H3. The van der Waals surface area contributed by atoms with Gasteiger partial charge >= 0.3 is 0 Å². The molecule has 3 aromatic carbocycles. The topological polar surface area (TPSA) is 46.5 Å². The van der Waals surface area contributed by atoms with Crippen LogP contribution in [-0.2, 0) is 0 Å². The van der Waals surface area contributed by atoms with Crippen LogP contribution in [0.3, 0.4) is 0 Å². The number of phenolic OH excluding ortho intramolecular Hbond substituents is 1. The number of phenols is 1. The zero-order valence-corrected chi connectivity index (χ0v) is 13.2. The second kappa shape index (κ2) is 5.53. The van der Waals surface area contributed by atoms with Crippen molar-refractivity contribution in [1.82, 2.24) is 0 Å². The maximum atomic E-state index is 11.0. The summed E-state index contributed by atoms with van der Waals surface area (Å²) in [6.45, 7) is 2.07. The highest BCUT2D eigenvalue weighted by Gasteiger charge is 2.39. The minimum Gasteiger partial charge on any atom is -0.507 e. The van der Waals surface area contributed by atoms with Gasteiger partial charge in [-0.3, -0.25) is 4.79 Å². The van der Waals surface area contributed by atoms with E-state index in [0.717, 1.165) is 0 Å². The van der Waals surface area contributed by atoms with Gasteiger partial charge in [-0.05, 0) is 41.8 Å². The van der Waals surface area contributed by atoms with Crippen LogP contribution < -0.4 is 4.74 Å². The molecule has 3 heteroatoms. The number of hydrogen-bond acceptors (Lipinski definition) is 3. The molecule has 0 spiro atoms. The highest BCUT2D eigenvalue weighted by atomic mass is 16.5. The first kappa shape index (κ1) is 14.5. The molecular weight excluding hydrogens is 300 g/mol. The number of benzene rings is 3. The lowest BCUT2D eigenvalue weighted by Gasteiger charge is -2.07. The first-order valence-corrected chi connectivity index (χ1v) is 7.82. The molecule has 0 amide bonds. The molecule has 1 unspecified atom stereocenters. The van der Waals surface area contributed by atoms with Gasteiger partial charge in [-0.2, -0.15) is 0 Å². The Labute approximate surface area is 140 Å². The predicted molar refractivity (Wildman–Crippen MR) is 92.6 cm³/mol. The van der Waals surface area contributed by atoms with Crippen LogP contribution >= 0.6 is 0 Å². The molecule has 0 aliphatic heterocycles. The molecule has 24 heavy (non-hydrogen) atoms. The minimum atomic E-state index is -0.0979. The third kappa shape index (κ3) is 2.35. The van der Waals surface area contributed by atoms with Crippen LogP contribution in [0.25, 0.3) is 11.1 Å². The van der Waals surface area contributed by atoms with E-state index in [1.54, 1.807) is 12.1 Å². The Balaban J connectivity index is 1.68. The van der Waals surface area contributed by atoms with E-state index in [2.05, 4.69) is 31.2 Å². The molecule has 0 radical (unpaired) electrons. The number of fused-ring (bicyclic) bond motifs is 1. The number of hydrogen-bond donors (Lipinski definition) is 1. The number of carbonyl (C=O) groups is 1. The lowest BCUT2D eigenvalue weighted by Crippen LogP contribution is -1.93. The smallest absolute Gasteiger partial charge is 0.153 e. The quantitative estimate of drug-likeness (QED) is 0.712. The van der Waals surface area contributed by atoms with Crippen LogP contribution in [-0.4, -0.2) is 11.4 Å². The van der Waals surface area contributed by atoms with E-state index in [0.29, 0.717) is 12.0 Å². The van der Waals surface area contributed by atoms with E-state index < -0.39 is 0 Å². The number of carbonyl (C=O) groups excluding carboxylic acids is 1. The van der Waals surface area contributed by atoms with Crippen LogP contribution in [0.1, 0.15) is 33.2 Å². The molecular formula is C21H16O3. The lowest BCUT2D eigenvalue weighted by molar-refractivity contribution is 0.112. The average Bonchev–Trinajstić information content (AvgIpc) is 3.32. The van der Waals surface area contributed by atoms with E-state index in [9.17, 15) is 9.90 Å². The molecule has 3 aromatic rings. The molecule has 0 heterocycles. The summed E-state index contributed by atoms with van der Waals surface area (Å²) in [7, 11) is 0. The largest absolute Gasteiger partial charge is 0.507 e. The normalized spacial score (nSPS) is 14.8. The van der Waals surface area contributed by atoms with E-state index in [4.69, 9.17) is 4.74 Å². The van der Waals surface area contributed by atoms with Crippen molar-refractivity contribution in [2.45, 2.75) is 13.0 Å². The lowest BCUT2D eigenvalue weighted by atomic mass is 10.0. The van der Waals surface area contributed by atoms with Gasteiger partial charge in [0.05, 0.1) is 5.56 Å². The Morgan fingerprint density at radius 1 is 1.00 bits per heavy atom. The average molecular weight is 316 g/mol. The molecule has 1 aliphatic rings. The van der Waals surface area contributed by atoms with Crippen LogP contribution in [0.5, 0.6) is 11.5 Å². The summed E-state index contributed by atoms with van der Waals surface area (Å²) in [5, 5.41) is 9.61. The third-order valence-electron chi connectivity index (χ3n) is 4.41. The molecule has 0 aromatic heterocycles. The van der Waals surface area contributed by atoms with Gasteiger partial charge in [0.1, 0.15) is 11.5 Å². The summed E-state index contributed by atoms with van der Waals surface area (Å²) >= 11 is 0. The van der Waals surface area contributed by atoms with Crippen molar-refractivity contribution in [2.24, 2.45) is 0 Å². The molecule has 1 N–H and O–H groups in total. The summed E-state index contributed by atoms with van der Waals surface area (Å²) in [4.78, 5) is 11.0. The van der Waals surface area contributed by atoms with E-state index in [1.807, 2.05) is 18.2 Å². The van der Waals surface area contributed by atoms with Crippen molar-refractivity contribution < 1.29 is 14.6 Å². The second-order valence-corrected chi connectivity index (χ2v) is 5.96. The molecule has 0 bridgehead atoms. The van der Waals surface area contributed by atoms with Gasteiger partial charge in [-0.1, -0.05) is 42.5 Å². The van der Waals surface area contributed by atoms with Crippen LogP contribution in [0.4, 0.5) is 0 Å². The molecule has 1 atom stereocenters. The summed E-state index contributed by atoms with van der Waals surface area (Å²) < 4.78 is 6.07. The zero-order valence-electron chi connectivity index (χ0n) is 13.2. The Hall–Kier alpha value is -3.07. The van der Waals surface area contributed by atoms with E-state index in [1.165, 1.54) is 33.9 Å². The molecule has 0 saturated carbocycles. The fraction of sp³-hybridized carbons (Fsp3) is 0.0952. The van der Waals surface area contributed by atoms with Gasteiger partial charge in [0.15, 0.2) is 12.4 Å². The zero-order chi connectivity index (χ0) is 16.7. The number of rotatable bonds is 4. The van der Waals surface area contributed by atoms with Gasteiger partial charge in [-0.25, -0.2) is 0 Å². The summed E-state index contributed by atoms with van der Waals surface area (Å²) in [5.74, 6) is 0.543. The van der Waals surface area contributed by atoms with Crippen molar-refractivity contribution in [3.05, 3.63) is 82.9 Å². The fourth-order valence-electron chi connectivity index (χ4n) is 3.12. The van der Waals surface area contributed by atoms with Crippen LogP contribution in [0.2, 0.25) is 0 Å². The highest BCUT2D eigenvalue weighted by molar-refractivity contribution is 5.80. The van der Waals surface area contributed by atoms with Crippen molar-refractivity contribution in [2.75, 3.05) is 0 Å². The summed E-state index contributed by atoms with van der Waals surface area (Å²) in [5.41, 5.74) is 6.18. The number of ether oxygens (including phenoxy) is 1. The van der Waals surface area contributed by atoms with Crippen LogP contribution in [0, 0.1) is 6.92 Å². The Morgan fingerprint density at radius 3 is 2.54 bits per heavy atom. The molecule has 0 fully saturated rings. The molecule has 3 nitrogen and oxygen atoms in total. The number of aldehydes is 1. The SMILES string of the molecule is Cc1ccc(-c2ccccc2)c2c1C2Oc1ccc(O)c(C=O)c1. The molecule has 0 saturated heterocycles. The van der Waals surface area contributed by atoms with Crippen molar-refractivity contribution in [3.63, 3.8) is 0 Å². The first-order valence-electron chi connectivity index (χ1n) is 7.82. The van der Waals surface area contributed by atoms with Gasteiger partial charge in [0.2, 0.25) is 0 Å². The number of aryl methyl sites for hydroxylation is 1. The van der Waals surface area contributed by atoms with E-state index in [-0.39, 0.29) is 17.4 Å². The highest BCUT2D eigenvalue weighted by Crippen LogP contribution is 2.51. The van der Waals surface area contributed by atoms with Crippen LogP contribution in [0.15, 0.2) is 60.7 Å². The van der Waals surface area contributed by atoms with Crippen molar-refractivity contribution in [3.8, 4) is 22.6 Å². The minimum absolute atomic E-state index is 0.0354. The molecule has 1 aliphatic carbocycles. The second-order valence-electron chi connectivity index (χ2n) is 5.96. The molecule has 4 rings (SSSR count). The Kier molecular flexibility index (Phi) is 3.35. The van der Waals surface area contributed by atoms with Gasteiger partial charge < -0.3 is 9.84 Å². The van der Waals surface area contributed by atoms with Gasteiger partial charge in [0.25, 0.3) is 0 Å². The summed E-state index contributed by atoms with van der Waals surface area (Å²) in [6, 6.07) is 19.2. The van der Waals surface area contributed by atoms with Crippen molar-refractivity contribution in [1.29, 1.82) is 0 Å². The Morgan fingerprint density at radius 2 is 1.79 bits per heavy atom. The predicted octanol–water partition coefficient (Wildman–Crippen LogP) is 4.66. The summed E-state index contributed by atoms with van der Waals surface area (Å²) in [6.07, 6.45) is 0.530. The maximum Gasteiger partial charge on any atom is 0.153 e. The molecule has 118 valence electrons. The van der Waals surface area contributed by atoms with E-state index >= 15 is 0 Å². The Bertz CT molecular complexity index is 929. The first-order chi connectivity index (χ1) is 11.7. The monoisotopic (exact) mass is 316 g/mol. The van der Waals surface area contributed by atoms with Gasteiger partial charge in [-0.15, -0.1) is 0 Å².